The average molecular weight is 510 g/mol. The van der Waals surface area contributed by atoms with E-state index in [9.17, 15) is 4.21 Å². The van der Waals surface area contributed by atoms with Crippen molar-refractivity contribution in [1.82, 2.24) is 9.21 Å². The highest BCUT2D eigenvalue weighted by Crippen LogP contribution is 2.68. The molecule has 1 aliphatic heterocycles. The lowest BCUT2D eigenvalue weighted by Crippen LogP contribution is -2.53. The van der Waals surface area contributed by atoms with Gasteiger partial charge < -0.3 is 10.6 Å². The zero-order chi connectivity index (χ0) is 25.2. The zero-order valence-corrected chi connectivity index (χ0v) is 23.7. The van der Waals surface area contributed by atoms with Crippen molar-refractivity contribution in [3.05, 3.63) is 47.5 Å². The fourth-order valence-corrected chi connectivity index (χ4v) is 11.3. The third-order valence-corrected chi connectivity index (χ3v) is 13.6. The molecule has 6 rings (SSSR count). The van der Waals surface area contributed by atoms with Crippen molar-refractivity contribution in [2.24, 2.45) is 40.2 Å². The molecule has 0 radical (unpaired) electrons. The molecule has 1 heterocycles. The largest absolute Gasteiger partial charge is 0.316 e. The zero-order valence-electron chi connectivity index (χ0n) is 22.9. The van der Waals surface area contributed by atoms with E-state index in [1.54, 1.807) is 5.57 Å². The fourth-order valence-electron chi connectivity index (χ4n) is 10.0. The van der Waals surface area contributed by atoms with Crippen LogP contribution in [0.4, 0.5) is 0 Å². The summed E-state index contributed by atoms with van der Waals surface area (Å²) < 4.78 is 15.5. The van der Waals surface area contributed by atoms with E-state index < -0.39 is 11.0 Å². The van der Waals surface area contributed by atoms with Crippen LogP contribution in [0.2, 0.25) is 0 Å². The number of likely N-dealkylation sites (tertiary alicyclic amines) is 1. The molecular formula is C31H47N3OS. The Morgan fingerprint density at radius 3 is 2.64 bits per heavy atom. The topological polar surface area (TPSA) is 49.6 Å². The molecule has 5 heteroatoms. The SMILES string of the molecule is C[C@H]1[C@H]2CC[C@H]3[C@@H]4CC=C5C[C@@H](N(C)S(=O)[C@H](N)Cc6ccccc6)CC[C@]5(C)C4CC[C@]23CN1C. The standard InChI is InChI=1S/C31H47N3OS/c1-21-26-12-13-28-25-11-10-23-19-24(34(4)36(35)29(32)18-22-8-6-5-7-9-22)14-16-30(23,2)27(25)15-17-31(26,28)20-33(21)3/h5-10,21,24-29H,11-20,32H2,1-4H3/t21-,24-,25+,26+,27?,28-,29-,30-,31-,36?/m0/s1. The Bertz CT molecular complexity index is 1030. The van der Waals surface area contributed by atoms with Gasteiger partial charge in [-0.15, -0.1) is 0 Å². The highest BCUT2D eigenvalue weighted by atomic mass is 32.2. The van der Waals surface area contributed by atoms with Crippen molar-refractivity contribution < 1.29 is 4.21 Å². The van der Waals surface area contributed by atoms with E-state index in [2.05, 4.69) is 48.3 Å². The van der Waals surface area contributed by atoms with Crippen molar-refractivity contribution in [2.75, 3.05) is 20.6 Å². The van der Waals surface area contributed by atoms with Crippen molar-refractivity contribution in [3.63, 3.8) is 0 Å². The molecule has 0 bridgehead atoms. The molecule has 10 atom stereocenters. The van der Waals surface area contributed by atoms with Gasteiger partial charge in [0.2, 0.25) is 0 Å². The van der Waals surface area contributed by atoms with Crippen LogP contribution in [0.25, 0.3) is 0 Å². The van der Waals surface area contributed by atoms with Crippen LogP contribution in [0, 0.1) is 34.5 Å². The van der Waals surface area contributed by atoms with E-state index in [1.165, 1.54) is 45.1 Å². The van der Waals surface area contributed by atoms with E-state index in [0.717, 1.165) is 48.1 Å². The molecule has 4 fully saturated rings. The summed E-state index contributed by atoms with van der Waals surface area (Å²) in [5, 5.41) is -0.354. The number of allylic oxidation sites excluding steroid dienone is 1. The van der Waals surface area contributed by atoms with Crippen LogP contribution in [0.5, 0.6) is 0 Å². The van der Waals surface area contributed by atoms with Crippen molar-refractivity contribution in [1.29, 1.82) is 0 Å². The molecule has 3 saturated carbocycles. The molecule has 4 aliphatic carbocycles. The molecule has 198 valence electrons. The van der Waals surface area contributed by atoms with Crippen molar-refractivity contribution >= 4 is 11.0 Å². The lowest BCUT2D eigenvalue weighted by atomic mass is 9.47. The van der Waals surface area contributed by atoms with Crippen molar-refractivity contribution in [2.45, 2.75) is 89.1 Å². The van der Waals surface area contributed by atoms with Crippen LogP contribution < -0.4 is 5.73 Å². The second-order valence-electron chi connectivity index (χ2n) is 13.3. The first-order valence-electron chi connectivity index (χ1n) is 14.6. The normalized spacial score (nSPS) is 43.8. The van der Waals surface area contributed by atoms with Crippen LogP contribution in [0.1, 0.15) is 70.8 Å². The number of benzene rings is 1. The van der Waals surface area contributed by atoms with E-state index in [1.807, 2.05) is 25.2 Å². The van der Waals surface area contributed by atoms with E-state index in [-0.39, 0.29) is 5.37 Å². The number of hydrogen-bond donors (Lipinski definition) is 1. The minimum Gasteiger partial charge on any atom is -0.316 e. The predicted molar refractivity (Wildman–Crippen MR) is 149 cm³/mol. The average Bonchev–Trinajstić information content (AvgIpc) is 3.36. The Kier molecular flexibility index (Phi) is 6.55. The first kappa shape index (κ1) is 25.3. The molecule has 1 saturated heterocycles. The number of hydrogen-bond acceptors (Lipinski definition) is 3. The highest BCUT2D eigenvalue weighted by Gasteiger charge is 2.64. The Labute approximate surface area is 221 Å². The van der Waals surface area contributed by atoms with E-state index >= 15 is 0 Å². The maximum atomic E-state index is 13.4. The third-order valence-electron chi connectivity index (χ3n) is 12.0. The Hall–Kier alpha value is -1.01. The smallest absolute Gasteiger partial charge is 0.112 e. The van der Waals surface area contributed by atoms with Gasteiger partial charge in [0.25, 0.3) is 0 Å². The molecular weight excluding hydrogens is 462 g/mol. The molecule has 1 aromatic carbocycles. The third kappa shape index (κ3) is 3.82. The van der Waals surface area contributed by atoms with Gasteiger partial charge >= 0.3 is 0 Å². The number of fused-ring (bicyclic) bond motifs is 4. The fraction of sp³-hybridized carbons (Fsp3) is 0.742. The van der Waals surface area contributed by atoms with Crippen LogP contribution in [-0.4, -0.2) is 51.5 Å². The number of rotatable bonds is 5. The second-order valence-corrected chi connectivity index (χ2v) is 15.1. The van der Waals surface area contributed by atoms with Crippen LogP contribution in [0.15, 0.2) is 42.0 Å². The molecule has 0 aromatic heterocycles. The highest BCUT2D eigenvalue weighted by molar-refractivity contribution is 7.83. The molecule has 4 nitrogen and oxygen atoms in total. The minimum atomic E-state index is -1.18. The summed E-state index contributed by atoms with van der Waals surface area (Å²) in [7, 11) is 3.24. The monoisotopic (exact) mass is 509 g/mol. The minimum absolute atomic E-state index is 0.332. The predicted octanol–water partition coefficient (Wildman–Crippen LogP) is 5.37. The molecule has 2 unspecified atom stereocenters. The summed E-state index contributed by atoms with van der Waals surface area (Å²) in [4.78, 5) is 2.67. The quantitative estimate of drug-likeness (QED) is 0.543. The second kappa shape index (κ2) is 9.32. The van der Waals surface area contributed by atoms with Gasteiger partial charge in [-0.3, -0.25) is 0 Å². The van der Waals surface area contributed by atoms with Gasteiger partial charge in [0.15, 0.2) is 0 Å². The molecule has 2 N–H and O–H groups in total. The molecule has 0 amide bonds. The van der Waals surface area contributed by atoms with Gasteiger partial charge in [-0.2, -0.15) is 0 Å². The summed E-state index contributed by atoms with van der Waals surface area (Å²) >= 11 is 0. The lowest BCUT2D eigenvalue weighted by molar-refractivity contribution is -0.0418. The van der Waals surface area contributed by atoms with Gasteiger partial charge in [0.05, 0.1) is 5.37 Å². The van der Waals surface area contributed by atoms with Gasteiger partial charge in [0, 0.05) is 32.1 Å². The Morgan fingerprint density at radius 1 is 1.11 bits per heavy atom. The summed E-state index contributed by atoms with van der Waals surface area (Å²) in [5.74, 6) is 3.56. The molecule has 5 aliphatic rings. The van der Waals surface area contributed by atoms with Crippen LogP contribution in [-0.2, 0) is 17.4 Å². The maximum absolute atomic E-state index is 13.4. The van der Waals surface area contributed by atoms with Crippen LogP contribution in [0.3, 0.4) is 0 Å². The first-order chi connectivity index (χ1) is 17.2. The van der Waals surface area contributed by atoms with Gasteiger partial charge in [-0.1, -0.05) is 48.9 Å². The van der Waals surface area contributed by atoms with Gasteiger partial charge in [-0.25, -0.2) is 8.51 Å². The number of nitrogens with two attached hydrogens (primary N) is 1. The molecule has 1 aromatic rings. The van der Waals surface area contributed by atoms with E-state index in [4.69, 9.17) is 5.73 Å². The summed E-state index contributed by atoms with van der Waals surface area (Å²) in [6.07, 6.45) is 13.8. The van der Waals surface area contributed by atoms with Crippen LogP contribution >= 0.6 is 0 Å². The number of nitrogens with zero attached hydrogens (tertiary/aromatic N) is 2. The van der Waals surface area contributed by atoms with Gasteiger partial charge in [-0.05, 0) is 105 Å². The Morgan fingerprint density at radius 2 is 1.86 bits per heavy atom. The Balaban J connectivity index is 1.16. The lowest BCUT2D eigenvalue weighted by Gasteiger charge is -2.58. The summed E-state index contributed by atoms with van der Waals surface area (Å²) in [6, 6.07) is 11.3. The van der Waals surface area contributed by atoms with Crippen molar-refractivity contribution in [3.8, 4) is 0 Å². The van der Waals surface area contributed by atoms with Gasteiger partial charge in [0.1, 0.15) is 11.0 Å². The molecule has 36 heavy (non-hydrogen) atoms. The first-order valence-corrected chi connectivity index (χ1v) is 15.7. The maximum Gasteiger partial charge on any atom is 0.112 e. The summed E-state index contributed by atoms with van der Waals surface area (Å²) in [5.41, 5.74) is 10.2. The summed E-state index contributed by atoms with van der Waals surface area (Å²) in [6.45, 7) is 6.42. The molecule has 1 spiro atoms. The van der Waals surface area contributed by atoms with E-state index in [0.29, 0.717) is 23.3 Å².